The molecule has 6 nitrogen and oxygen atoms in total. The zero-order valence-corrected chi connectivity index (χ0v) is 14.2. The van der Waals surface area contributed by atoms with Gasteiger partial charge >= 0.3 is 0 Å². The Hall–Kier alpha value is -1.85. The number of imidazole rings is 1. The molecule has 1 aliphatic carbocycles. The molecule has 4 rings (SSSR count). The van der Waals surface area contributed by atoms with E-state index in [0.29, 0.717) is 18.2 Å². The number of hydrogen-bond donors (Lipinski definition) is 1. The van der Waals surface area contributed by atoms with E-state index in [1.54, 1.807) is 6.33 Å². The van der Waals surface area contributed by atoms with Crippen LogP contribution >= 0.6 is 0 Å². The molecule has 0 radical (unpaired) electrons. The van der Waals surface area contributed by atoms with E-state index in [1.807, 2.05) is 9.47 Å². The summed E-state index contributed by atoms with van der Waals surface area (Å²) in [5.41, 5.74) is 1.55. The van der Waals surface area contributed by atoms with Gasteiger partial charge in [0.05, 0.1) is 17.9 Å². The van der Waals surface area contributed by atoms with Crippen molar-refractivity contribution in [1.82, 2.24) is 19.8 Å². The molecule has 3 heterocycles. The average Bonchev–Trinajstić information content (AvgIpc) is 3.21. The van der Waals surface area contributed by atoms with Crippen molar-refractivity contribution in [3.05, 3.63) is 17.7 Å². The van der Waals surface area contributed by atoms with Crippen molar-refractivity contribution in [3.8, 4) is 0 Å². The third-order valence-electron chi connectivity index (χ3n) is 5.85. The monoisotopic (exact) mass is 330 g/mol. The number of hydrogen-bond acceptors (Lipinski definition) is 3. The van der Waals surface area contributed by atoms with Crippen LogP contribution in [0.4, 0.5) is 0 Å². The van der Waals surface area contributed by atoms with Crippen LogP contribution in [-0.4, -0.2) is 45.9 Å². The molecular weight excluding hydrogens is 304 g/mol. The molecule has 6 heteroatoms. The van der Waals surface area contributed by atoms with Crippen LogP contribution in [0.3, 0.4) is 0 Å². The van der Waals surface area contributed by atoms with Crippen LogP contribution < -0.4 is 5.32 Å². The van der Waals surface area contributed by atoms with E-state index in [9.17, 15) is 9.59 Å². The van der Waals surface area contributed by atoms with Gasteiger partial charge in [0.25, 0.3) is 5.91 Å². The second-order valence-electron chi connectivity index (χ2n) is 7.47. The minimum Gasteiger partial charge on any atom is -0.350 e. The van der Waals surface area contributed by atoms with Crippen LogP contribution in [0.25, 0.3) is 0 Å². The van der Waals surface area contributed by atoms with E-state index in [-0.39, 0.29) is 17.7 Å². The summed E-state index contributed by atoms with van der Waals surface area (Å²) >= 11 is 0. The largest absolute Gasteiger partial charge is 0.350 e. The van der Waals surface area contributed by atoms with Crippen molar-refractivity contribution in [2.45, 2.75) is 51.5 Å². The van der Waals surface area contributed by atoms with Gasteiger partial charge in [0.1, 0.15) is 5.69 Å². The molecule has 1 aromatic rings. The smallest absolute Gasteiger partial charge is 0.271 e. The first-order chi connectivity index (χ1) is 11.7. The van der Waals surface area contributed by atoms with Gasteiger partial charge < -0.3 is 14.8 Å². The minimum absolute atomic E-state index is 0.0377. The van der Waals surface area contributed by atoms with Crippen LogP contribution in [0, 0.1) is 11.8 Å². The summed E-state index contributed by atoms with van der Waals surface area (Å²) in [4.78, 5) is 31.3. The fourth-order valence-electron chi connectivity index (χ4n) is 4.07. The molecule has 1 saturated heterocycles. The fourth-order valence-corrected chi connectivity index (χ4v) is 4.07. The normalized spacial score (nSPS) is 23.7. The number of carbonyl (C=O) groups excluding carboxylic acids is 2. The molecule has 0 spiro atoms. The maximum absolute atomic E-state index is 12.6. The van der Waals surface area contributed by atoms with Gasteiger partial charge in [-0.2, -0.15) is 0 Å². The number of likely N-dealkylation sites (tertiary alicyclic amines) is 1. The summed E-state index contributed by atoms with van der Waals surface area (Å²) in [6, 6.07) is 0. The van der Waals surface area contributed by atoms with Gasteiger partial charge in [0.2, 0.25) is 5.91 Å². The SMILES string of the molecule is O=C(NCC1CCC1)c1ncn2c1CCC(C(=O)N1CCCC1)C2. The van der Waals surface area contributed by atoms with Gasteiger partial charge in [0.15, 0.2) is 0 Å². The highest BCUT2D eigenvalue weighted by Crippen LogP contribution is 2.27. The van der Waals surface area contributed by atoms with Crippen molar-refractivity contribution in [2.24, 2.45) is 11.8 Å². The average molecular weight is 330 g/mol. The lowest BCUT2D eigenvalue weighted by Crippen LogP contribution is -2.38. The standard InChI is InChI=1S/C18H26N4O2/c23-17(19-10-13-4-3-5-13)16-15-7-6-14(11-22(15)12-20-16)18(24)21-8-1-2-9-21/h12-14H,1-11H2,(H,19,23). The summed E-state index contributed by atoms with van der Waals surface area (Å²) in [6.45, 7) is 3.23. The van der Waals surface area contributed by atoms with Crippen LogP contribution in [0.15, 0.2) is 6.33 Å². The molecular formula is C18H26N4O2. The maximum atomic E-state index is 12.6. The molecule has 130 valence electrons. The van der Waals surface area contributed by atoms with E-state index < -0.39 is 0 Å². The highest BCUT2D eigenvalue weighted by atomic mass is 16.2. The molecule has 24 heavy (non-hydrogen) atoms. The molecule has 2 aliphatic heterocycles. The summed E-state index contributed by atoms with van der Waals surface area (Å²) < 4.78 is 2.01. The fraction of sp³-hybridized carbons (Fsp3) is 0.722. The molecule has 1 saturated carbocycles. The van der Waals surface area contributed by atoms with Crippen LogP contribution in [0.2, 0.25) is 0 Å². The topological polar surface area (TPSA) is 67.2 Å². The molecule has 0 bridgehead atoms. The number of amides is 2. The molecule has 2 amide bonds. The molecule has 2 fully saturated rings. The number of fused-ring (bicyclic) bond motifs is 1. The Bertz CT molecular complexity index is 629. The third kappa shape index (κ3) is 2.94. The maximum Gasteiger partial charge on any atom is 0.271 e. The Morgan fingerprint density at radius 1 is 1.17 bits per heavy atom. The number of rotatable bonds is 4. The van der Waals surface area contributed by atoms with E-state index in [2.05, 4.69) is 10.3 Å². The van der Waals surface area contributed by atoms with Gasteiger partial charge in [-0.1, -0.05) is 6.42 Å². The Morgan fingerprint density at radius 2 is 1.96 bits per heavy atom. The summed E-state index contributed by atoms with van der Waals surface area (Å²) in [6.07, 6.45) is 9.30. The van der Waals surface area contributed by atoms with Crippen molar-refractivity contribution in [2.75, 3.05) is 19.6 Å². The molecule has 1 aromatic heterocycles. The van der Waals surface area contributed by atoms with Gasteiger partial charge in [-0.3, -0.25) is 9.59 Å². The van der Waals surface area contributed by atoms with Gasteiger partial charge in [-0.15, -0.1) is 0 Å². The van der Waals surface area contributed by atoms with Crippen molar-refractivity contribution in [3.63, 3.8) is 0 Å². The van der Waals surface area contributed by atoms with Crippen LogP contribution in [-0.2, 0) is 17.8 Å². The predicted molar refractivity (Wildman–Crippen MR) is 89.5 cm³/mol. The zero-order chi connectivity index (χ0) is 16.5. The molecule has 1 unspecified atom stereocenters. The summed E-state index contributed by atoms with van der Waals surface area (Å²) in [7, 11) is 0. The van der Waals surface area contributed by atoms with Crippen LogP contribution in [0.1, 0.15) is 54.7 Å². The number of nitrogens with one attached hydrogen (secondary N) is 1. The first-order valence-corrected chi connectivity index (χ1v) is 9.33. The molecule has 1 N–H and O–H groups in total. The second-order valence-corrected chi connectivity index (χ2v) is 7.47. The lowest BCUT2D eigenvalue weighted by molar-refractivity contribution is -0.135. The first-order valence-electron chi connectivity index (χ1n) is 9.33. The van der Waals surface area contributed by atoms with Crippen molar-refractivity contribution >= 4 is 11.8 Å². The molecule has 0 aromatic carbocycles. The van der Waals surface area contributed by atoms with Gasteiger partial charge in [-0.05, 0) is 44.4 Å². The van der Waals surface area contributed by atoms with E-state index in [1.165, 1.54) is 19.3 Å². The van der Waals surface area contributed by atoms with Crippen molar-refractivity contribution in [1.29, 1.82) is 0 Å². The number of aromatic nitrogens is 2. The Morgan fingerprint density at radius 3 is 2.67 bits per heavy atom. The summed E-state index contributed by atoms with van der Waals surface area (Å²) in [5, 5.41) is 3.03. The lowest BCUT2D eigenvalue weighted by Gasteiger charge is -2.28. The Balaban J connectivity index is 1.39. The molecule has 1 atom stereocenters. The highest BCUT2D eigenvalue weighted by Gasteiger charge is 2.32. The first kappa shape index (κ1) is 15.7. The van der Waals surface area contributed by atoms with Gasteiger partial charge in [0, 0.05) is 26.2 Å². The van der Waals surface area contributed by atoms with E-state index in [4.69, 9.17) is 0 Å². The minimum atomic E-state index is -0.0556. The predicted octanol–water partition coefficient (Wildman–Crippen LogP) is 1.60. The van der Waals surface area contributed by atoms with Gasteiger partial charge in [-0.25, -0.2) is 4.98 Å². The zero-order valence-electron chi connectivity index (χ0n) is 14.2. The third-order valence-corrected chi connectivity index (χ3v) is 5.85. The lowest BCUT2D eigenvalue weighted by atomic mass is 9.85. The summed E-state index contributed by atoms with van der Waals surface area (Å²) in [5.74, 6) is 0.911. The van der Waals surface area contributed by atoms with E-state index in [0.717, 1.165) is 51.0 Å². The van der Waals surface area contributed by atoms with Crippen molar-refractivity contribution < 1.29 is 9.59 Å². The second kappa shape index (κ2) is 6.57. The number of carbonyl (C=O) groups is 2. The highest BCUT2D eigenvalue weighted by molar-refractivity contribution is 5.93. The van der Waals surface area contributed by atoms with E-state index >= 15 is 0 Å². The Labute approximate surface area is 142 Å². The quantitative estimate of drug-likeness (QED) is 0.912. The Kier molecular flexibility index (Phi) is 4.29. The van der Waals surface area contributed by atoms with Crippen LogP contribution in [0.5, 0.6) is 0 Å². The molecule has 3 aliphatic rings. The number of nitrogens with zero attached hydrogens (tertiary/aromatic N) is 3.